The van der Waals surface area contributed by atoms with Crippen LogP contribution in [0.15, 0.2) is 0 Å². The predicted molar refractivity (Wildman–Crippen MR) is 53.4 cm³/mol. The lowest BCUT2D eigenvalue weighted by atomic mass is 10.2. The summed E-state index contributed by atoms with van der Waals surface area (Å²) in [6.07, 6.45) is 0.0408. The summed E-state index contributed by atoms with van der Waals surface area (Å²) in [6, 6.07) is -0.479. The first-order valence-electron chi connectivity index (χ1n) is 3.37. The SMILES string of the molecule is CNC(=O)C(CC(N)=O)N(C)I. The van der Waals surface area contributed by atoms with Crippen molar-refractivity contribution >= 4 is 34.7 Å². The molecule has 0 aliphatic carbocycles. The maximum Gasteiger partial charge on any atom is 0.238 e. The van der Waals surface area contributed by atoms with Gasteiger partial charge in [0.1, 0.15) is 6.04 Å². The number of nitrogens with one attached hydrogen (secondary N) is 1. The summed E-state index contributed by atoms with van der Waals surface area (Å²) < 4.78 is 1.63. The van der Waals surface area contributed by atoms with Crippen LogP contribution in [0.4, 0.5) is 0 Å². The fourth-order valence-corrected chi connectivity index (χ4v) is 1.19. The van der Waals surface area contributed by atoms with Gasteiger partial charge in [0.25, 0.3) is 0 Å². The van der Waals surface area contributed by atoms with Crippen LogP contribution < -0.4 is 11.1 Å². The van der Waals surface area contributed by atoms with E-state index in [0.29, 0.717) is 0 Å². The molecule has 0 saturated carbocycles. The van der Waals surface area contributed by atoms with E-state index in [9.17, 15) is 9.59 Å². The van der Waals surface area contributed by atoms with Gasteiger partial charge in [0.05, 0.1) is 6.42 Å². The molecule has 0 aliphatic heterocycles. The fraction of sp³-hybridized carbons (Fsp3) is 0.667. The minimum absolute atomic E-state index is 0.0408. The van der Waals surface area contributed by atoms with Crippen LogP contribution >= 0.6 is 22.9 Å². The number of halogens is 1. The molecule has 0 rings (SSSR count). The molecule has 0 radical (unpaired) electrons. The van der Waals surface area contributed by atoms with Crippen LogP contribution in [0.5, 0.6) is 0 Å². The minimum atomic E-state index is -0.480. The van der Waals surface area contributed by atoms with Gasteiger partial charge in [-0.05, 0) is 7.05 Å². The summed E-state index contributed by atoms with van der Waals surface area (Å²) in [5.74, 6) is -0.683. The highest BCUT2D eigenvalue weighted by Gasteiger charge is 2.22. The number of nitrogens with zero attached hydrogens (tertiary/aromatic N) is 1. The molecule has 70 valence electrons. The Balaban J connectivity index is 4.23. The molecule has 0 saturated heterocycles. The van der Waals surface area contributed by atoms with E-state index in [0.717, 1.165) is 0 Å². The highest BCUT2D eigenvalue weighted by Crippen LogP contribution is 2.06. The first kappa shape index (κ1) is 11.6. The lowest BCUT2D eigenvalue weighted by Crippen LogP contribution is -2.42. The number of likely N-dealkylation sites (N-methyl/N-ethyl adjacent to an activating group) is 2. The monoisotopic (exact) mass is 285 g/mol. The Morgan fingerprint density at radius 2 is 2.17 bits per heavy atom. The number of primary amides is 1. The first-order chi connectivity index (χ1) is 5.49. The lowest BCUT2D eigenvalue weighted by molar-refractivity contribution is -0.127. The number of hydrogen-bond acceptors (Lipinski definition) is 3. The van der Waals surface area contributed by atoms with Gasteiger partial charge < -0.3 is 11.1 Å². The molecular weight excluding hydrogens is 273 g/mol. The molecule has 1 unspecified atom stereocenters. The summed E-state index contributed by atoms with van der Waals surface area (Å²) in [7, 11) is 3.24. The standard InChI is InChI=1S/C6H12IN3O2/c1-9-6(12)4(10(2)7)3-5(8)11/h4H,3H2,1-2H3,(H2,8,11)(H,9,12). The minimum Gasteiger partial charge on any atom is -0.370 e. The van der Waals surface area contributed by atoms with Gasteiger partial charge in [-0.2, -0.15) is 0 Å². The highest BCUT2D eigenvalue weighted by atomic mass is 127. The molecule has 0 aromatic carbocycles. The Morgan fingerprint density at radius 3 is 2.42 bits per heavy atom. The second kappa shape index (κ2) is 5.31. The van der Waals surface area contributed by atoms with Gasteiger partial charge in [-0.1, -0.05) is 0 Å². The van der Waals surface area contributed by atoms with E-state index in [2.05, 4.69) is 5.32 Å². The highest BCUT2D eigenvalue weighted by molar-refractivity contribution is 14.1. The number of carbonyl (C=O) groups is 2. The first-order valence-corrected chi connectivity index (χ1v) is 4.34. The van der Waals surface area contributed by atoms with Crippen molar-refractivity contribution in [2.75, 3.05) is 14.1 Å². The molecule has 0 aliphatic rings. The van der Waals surface area contributed by atoms with Crippen molar-refractivity contribution in [2.45, 2.75) is 12.5 Å². The Bertz CT molecular complexity index is 184. The molecule has 1 atom stereocenters. The molecule has 2 amide bonds. The Hall–Kier alpha value is -0.370. The van der Waals surface area contributed by atoms with Gasteiger partial charge >= 0.3 is 0 Å². The van der Waals surface area contributed by atoms with E-state index in [-0.39, 0.29) is 12.3 Å². The van der Waals surface area contributed by atoms with Crippen molar-refractivity contribution < 1.29 is 9.59 Å². The van der Waals surface area contributed by atoms with E-state index in [1.807, 2.05) is 22.9 Å². The van der Waals surface area contributed by atoms with Crippen LogP contribution in [-0.4, -0.2) is 35.1 Å². The third-order valence-electron chi connectivity index (χ3n) is 1.37. The van der Waals surface area contributed by atoms with E-state index < -0.39 is 11.9 Å². The summed E-state index contributed by atoms with van der Waals surface area (Å²) >= 11 is 1.94. The Morgan fingerprint density at radius 1 is 1.67 bits per heavy atom. The molecule has 0 aromatic rings. The van der Waals surface area contributed by atoms with Crippen LogP contribution in [0.25, 0.3) is 0 Å². The van der Waals surface area contributed by atoms with Crippen molar-refractivity contribution in [2.24, 2.45) is 5.73 Å². The fourth-order valence-electron chi connectivity index (χ4n) is 0.737. The molecular formula is C6H12IN3O2. The normalized spacial score (nSPS) is 12.7. The topological polar surface area (TPSA) is 75.4 Å². The average Bonchev–Trinajstić information content (AvgIpc) is 1.98. The van der Waals surface area contributed by atoms with Crippen molar-refractivity contribution in [3.8, 4) is 0 Å². The van der Waals surface area contributed by atoms with Crippen molar-refractivity contribution in [1.29, 1.82) is 0 Å². The average molecular weight is 285 g/mol. The quantitative estimate of drug-likeness (QED) is 0.527. The van der Waals surface area contributed by atoms with Crippen LogP contribution in [0.2, 0.25) is 0 Å². The molecule has 0 aromatic heterocycles. The Labute approximate surface area is 85.2 Å². The maximum atomic E-state index is 11.1. The summed E-state index contributed by atoms with van der Waals surface area (Å²) in [5.41, 5.74) is 4.97. The largest absolute Gasteiger partial charge is 0.370 e. The van der Waals surface area contributed by atoms with Gasteiger partial charge in [0.2, 0.25) is 11.8 Å². The van der Waals surface area contributed by atoms with Gasteiger partial charge in [0, 0.05) is 29.9 Å². The van der Waals surface area contributed by atoms with Crippen LogP contribution in [0.3, 0.4) is 0 Å². The third-order valence-corrected chi connectivity index (χ3v) is 2.05. The van der Waals surface area contributed by atoms with E-state index in [4.69, 9.17) is 5.73 Å². The molecule has 0 fully saturated rings. The molecule has 12 heavy (non-hydrogen) atoms. The number of nitrogens with two attached hydrogens (primary N) is 1. The van der Waals surface area contributed by atoms with Gasteiger partial charge in [-0.15, -0.1) is 0 Å². The van der Waals surface area contributed by atoms with E-state index in [1.54, 1.807) is 10.2 Å². The summed E-state index contributed by atoms with van der Waals surface area (Å²) in [6.45, 7) is 0. The van der Waals surface area contributed by atoms with Crippen LogP contribution in [0, 0.1) is 0 Å². The molecule has 3 N–H and O–H groups in total. The smallest absolute Gasteiger partial charge is 0.238 e. The number of hydrogen-bond donors (Lipinski definition) is 2. The lowest BCUT2D eigenvalue weighted by Gasteiger charge is -2.18. The number of carbonyl (C=O) groups excluding carboxylic acids is 2. The van der Waals surface area contributed by atoms with E-state index in [1.165, 1.54) is 7.05 Å². The zero-order chi connectivity index (χ0) is 9.72. The maximum absolute atomic E-state index is 11.1. The second-order valence-corrected chi connectivity index (χ2v) is 3.85. The van der Waals surface area contributed by atoms with E-state index >= 15 is 0 Å². The van der Waals surface area contributed by atoms with Gasteiger partial charge in [0.15, 0.2) is 0 Å². The van der Waals surface area contributed by atoms with Crippen molar-refractivity contribution in [3.05, 3.63) is 0 Å². The molecule has 0 bridgehead atoms. The van der Waals surface area contributed by atoms with Crippen LogP contribution in [0.1, 0.15) is 6.42 Å². The van der Waals surface area contributed by atoms with Gasteiger partial charge in [-0.25, -0.2) is 3.11 Å². The number of rotatable bonds is 4. The molecule has 6 heteroatoms. The van der Waals surface area contributed by atoms with Crippen LogP contribution in [-0.2, 0) is 9.59 Å². The second-order valence-electron chi connectivity index (χ2n) is 2.33. The summed E-state index contributed by atoms with van der Waals surface area (Å²) in [5, 5.41) is 2.46. The predicted octanol–water partition coefficient (Wildman–Crippen LogP) is -0.742. The zero-order valence-corrected chi connectivity index (χ0v) is 9.16. The van der Waals surface area contributed by atoms with Crippen molar-refractivity contribution in [1.82, 2.24) is 8.43 Å². The molecule has 0 heterocycles. The zero-order valence-electron chi connectivity index (χ0n) is 7.00. The number of amides is 2. The molecule has 0 spiro atoms. The summed E-state index contributed by atoms with van der Waals surface area (Å²) in [4.78, 5) is 21.7. The van der Waals surface area contributed by atoms with Crippen molar-refractivity contribution in [3.63, 3.8) is 0 Å². The Kier molecular flexibility index (Phi) is 5.14. The third kappa shape index (κ3) is 3.86. The molecule has 5 nitrogen and oxygen atoms in total. The van der Waals surface area contributed by atoms with Gasteiger partial charge in [-0.3, -0.25) is 9.59 Å².